The quantitative estimate of drug-likeness (QED) is 0.173. The third kappa shape index (κ3) is 29.0. The van der Waals surface area contributed by atoms with Crippen LogP contribution in [0.15, 0.2) is 0 Å². The van der Waals surface area contributed by atoms with E-state index in [9.17, 15) is 19.2 Å². The highest BCUT2D eigenvalue weighted by Gasteiger charge is 2.16. The van der Waals surface area contributed by atoms with E-state index in [4.69, 9.17) is 47.8 Å². The van der Waals surface area contributed by atoms with Gasteiger partial charge in [0.05, 0.1) is 19.3 Å². The minimum absolute atomic E-state index is 0.190. The number of rotatable bonds is 7. The van der Waals surface area contributed by atoms with Crippen molar-refractivity contribution in [1.82, 2.24) is 0 Å². The molecule has 14 nitrogen and oxygen atoms in total. The van der Waals surface area contributed by atoms with Crippen molar-refractivity contribution in [2.75, 3.05) is 18.9 Å². The average Bonchev–Trinajstić information content (AvgIpc) is 2.60. The number of aliphatic hydroxyl groups excluding tert-OH is 2. The van der Waals surface area contributed by atoms with E-state index in [-0.39, 0.29) is 12.3 Å². The van der Waals surface area contributed by atoms with Crippen LogP contribution < -0.4 is 22.9 Å². The predicted octanol–water partition coefficient (Wildman–Crippen LogP) is -4.47. The standard InChI is InChI=1S/C4H9NO3.C3H7NO3.C3H7NO2S.C2H5NO2/c1-2(6)3(5)4(7)8;4-2(1-5)3(6)7;4-2(1-7)3(5)6;3-1-2(4)5/h2-3,6H,5H2,1H3,(H,7,8);2,5H,1,4H2,(H,6,7);2,7H,1,4H2,(H,5,6);1,3H2,(H,4,5). The summed E-state index contributed by atoms with van der Waals surface area (Å²) in [5, 5.41) is 48.1. The Kier molecular flexibility index (Phi) is 24.5. The summed E-state index contributed by atoms with van der Waals surface area (Å²) in [6.07, 6.45) is -0.979. The molecule has 0 saturated heterocycles. The number of carboxylic acid groups (broad SMARTS) is 4. The Hall–Kier alpha value is -2.01. The molecule has 14 N–H and O–H groups in total. The third-order valence-corrected chi connectivity index (χ3v) is 2.40. The molecule has 27 heavy (non-hydrogen) atoms. The SMILES string of the molecule is CC(O)C(N)C(=O)O.NC(CO)C(=O)O.NC(CS)C(=O)O.NCC(=O)O. The summed E-state index contributed by atoms with van der Waals surface area (Å²) in [6.45, 7) is 0.550. The lowest BCUT2D eigenvalue weighted by atomic mass is 10.2. The van der Waals surface area contributed by atoms with Gasteiger partial charge in [-0.05, 0) is 6.92 Å². The summed E-state index contributed by atoms with van der Waals surface area (Å²) in [7, 11) is 0. The molecule has 0 saturated carbocycles. The highest BCUT2D eigenvalue weighted by atomic mass is 32.1. The van der Waals surface area contributed by atoms with Crippen molar-refractivity contribution in [3.05, 3.63) is 0 Å². The van der Waals surface area contributed by atoms with Crippen LogP contribution in [0.25, 0.3) is 0 Å². The van der Waals surface area contributed by atoms with E-state index < -0.39 is 54.7 Å². The second-order valence-electron chi connectivity index (χ2n) is 4.46. The van der Waals surface area contributed by atoms with Gasteiger partial charge in [0, 0.05) is 5.75 Å². The maximum Gasteiger partial charge on any atom is 0.323 e. The average molecular weight is 420 g/mol. The van der Waals surface area contributed by atoms with Crippen molar-refractivity contribution in [3.8, 4) is 0 Å². The first-order valence-corrected chi connectivity index (χ1v) is 7.59. The van der Waals surface area contributed by atoms with Crippen LogP contribution in [0.2, 0.25) is 0 Å². The molecule has 0 aromatic carbocycles. The van der Waals surface area contributed by atoms with Gasteiger partial charge in [0.15, 0.2) is 0 Å². The molecule has 0 rings (SSSR count). The summed E-state index contributed by atoms with van der Waals surface area (Å²) in [5.41, 5.74) is 19.2. The van der Waals surface area contributed by atoms with Gasteiger partial charge in [-0.1, -0.05) is 0 Å². The molecule has 0 fully saturated rings. The van der Waals surface area contributed by atoms with Gasteiger partial charge in [0.1, 0.15) is 18.1 Å². The minimum atomic E-state index is -1.18. The van der Waals surface area contributed by atoms with Crippen LogP contribution in [0.5, 0.6) is 0 Å². The second-order valence-corrected chi connectivity index (χ2v) is 4.82. The van der Waals surface area contributed by atoms with Crippen molar-refractivity contribution in [2.45, 2.75) is 31.2 Å². The Morgan fingerprint density at radius 1 is 0.889 bits per heavy atom. The van der Waals surface area contributed by atoms with Gasteiger partial charge in [-0.25, -0.2) is 0 Å². The Labute approximate surface area is 160 Å². The van der Waals surface area contributed by atoms with Gasteiger partial charge < -0.3 is 53.6 Å². The van der Waals surface area contributed by atoms with Crippen LogP contribution >= 0.6 is 12.6 Å². The molecule has 4 unspecified atom stereocenters. The lowest BCUT2D eigenvalue weighted by Crippen LogP contribution is -2.39. The van der Waals surface area contributed by atoms with E-state index >= 15 is 0 Å². The van der Waals surface area contributed by atoms with E-state index in [0.29, 0.717) is 0 Å². The zero-order valence-electron chi connectivity index (χ0n) is 14.5. The van der Waals surface area contributed by atoms with E-state index in [2.05, 4.69) is 18.4 Å². The fourth-order valence-corrected chi connectivity index (χ4v) is 0.519. The van der Waals surface area contributed by atoms with Gasteiger partial charge in [-0.15, -0.1) is 0 Å². The van der Waals surface area contributed by atoms with Crippen LogP contribution in [-0.4, -0.2) is 97.7 Å². The number of carbonyl (C=O) groups is 4. The number of aliphatic hydroxyl groups is 2. The molecular weight excluding hydrogens is 392 g/mol. The second kappa shape index (κ2) is 20.3. The summed E-state index contributed by atoms with van der Waals surface area (Å²) in [6, 6.07) is -3.10. The fraction of sp³-hybridized carbons (Fsp3) is 0.667. The van der Waals surface area contributed by atoms with Crippen molar-refractivity contribution < 1.29 is 49.8 Å². The van der Waals surface area contributed by atoms with Gasteiger partial charge in [0.2, 0.25) is 0 Å². The lowest BCUT2D eigenvalue weighted by Gasteiger charge is -2.06. The number of hydrogen-bond donors (Lipinski definition) is 11. The van der Waals surface area contributed by atoms with Crippen LogP contribution in [0.1, 0.15) is 6.92 Å². The number of carboxylic acids is 4. The molecule has 0 aliphatic heterocycles. The van der Waals surface area contributed by atoms with Gasteiger partial charge in [0.25, 0.3) is 0 Å². The van der Waals surface area contributed by atoms with Crippen molar-refractivity contribution in [3.63, 3.8) is 0 Å². The molecule has 0 heterocycles. The van der Waals surface area contributed by atoms with Crippen molar-refractivity contribution in [1.29, 1.82) is 0 Å². The molecular formula is C12H28N4O10S. The first kappa shape index (κ1) is 32.6. The summed E-state index contributed by atoms with van der Waals surface area (Å²) >= 11 is 3.65. The number of aliphatic carboxylic acids is 4. The maximum atomic E-state index is 9.86. The topological polar surface area (TPSA) is 294 Å². The largest absolute Gasteiger partial charge is 0.480 e. The first-order chi connectivity index (χ1) is 12.2. The highest BCUT2D eigenvalue weighted by molar-refractivity contribution is 7.80. The summed E-state index contributed by atoms with van der Waals surface area (Å²) in [5.74, 6) is -4.14. The van der Waals surface area contributed by atoms with Crippen LogP contribution in [0.4, 0.5) is 0 Å². The number of thiol groups is 1. The highest BCUT2D eigenvalue weighted by Crippen LogP contribution is 1.85. The maximum absolute atomic E-state index is 9.86. The molecule has 0 bridgehead atoms. The van der Waals surface area contributed by atoms with Crippen LogP contribution in [0, 0.1) is 0 Å². The molecule has 0 radical (unpaired) electrons. The van der Waals surface area contributed by atoms with E-state index in [1.165, 1.54) is 6.92 Å². The predicted molar refractivity (Wildman–Crippen MR) is 96.1 cm³/mol. The number of hydrogen-bond acceptors (Lipinski definition) is 11. The van der Waals surface area contributed by atoms with E-state index in [1.54, 1.807) is 0 Å². The molecule has 0 aliphatic carbocycles. The third-order valence-electron chi connectivity index (χ3n) is 2.01. The van der Waals surface area contributed by atoms with Gasteiger partial charge >= 0.3 is 23.9 Å². The van der Waals surface area contributed by atoms with E-state index in [1.807, 2.05) is 0 Å². The number of nitrogens with two attached hydrogens (primary N) is 4. The fourth-order valence-electron chi connectivity index (χ4n) is 0.363. The van der Waals surface area contributed by atoms with Crippen molar-refractivity contribution in [2.24, 2.45) is 22.9 Å². The molecule has 0 aliphatic rings. The van der Waals surface area contributed by atoms with Gasteiger partial charge in [-0.3, -0.25) is 19.2 Å². The molecule has 0 aromatic heterocycles. The van der Waals surface area contributed by atoms with Crippen LogP contribution in [-0.2, 0) is 19.2 Å². The molecule has 0 spiro atoms. The summed E-state index contributed by atoms with van der Waals surface area (Å²) < 4.78 is 0. The Morgan fingerprint density at radius 3 is 1.22 bits per heavy atom. The van der Waals surface area contributed by atoms with Gasteiger partial charge in [-0.2, -0.15) is 12.6 Å². The zero-order chi connectivity index (χ0) is 22.7. The Balaban J connectivity index is -0.000000132. The normalized spacial score (nSPS) is 13.5. The molecule has 0 aromatic rings. The molecule has 0 amide bonds. The Morgan fingerprint density at radius 2 is 1.22 bits per heavy atom. The molecule has 4 atom stereocenters. The van der Waals surface area contributed by atoms with E-state index in [0.717, 1.165) is 0 Å². The summed E-state index contributed by atoms with van der Waals surface area (Å²) in [4.78, 5) is 38.5. The minimum Gasteiger partial charge on any atom is -0.480 e. The Bertz CT molecular complexity index is 418. The smallest absolute Gasteiger partial charge is 0.323 e. The van der Waals surface area contributed by atoms with Crippen LogP contribution in [0.3, 0.4) is 0 Å². The van der Waals surface area contributed by atoms with Crippen molar-refractivity contribution >= 4 is 36.5 Å². The monoisotopic (exact) mass is 420 g/mol. The lowest BCUT2D eigenvalue weighted by molar-refractivity contribution is -0.141. The first-order valence-electron chi connectivity index (χ1n) is 6.96. The zero-order valence-corrected chi connectivity index (χ0v) is 15.4. The molecule has 15 heteroatoms. The molecule has 162 valence electrons.